The van der Waals surface area contributed by atoms with Crippen molar-refractivity contribution in [3.63, 3.8) is 0 Å². The van der Waals surface area contributed by atoms with Crippen LogP contribution in [0.5, 0.6) is 0 Å². The highest BCUT2D eigenvalue weighted by Gasteiger charge is 2.22. The van der Waals surface area contributed by atoms with Crippen LogP contribution in [0, 0.1) is 19.7 Å². The van der Waals surface area contributed by atoms with Crippen molar-refractivity contribution in [2.75, 3.05) is 5.73 Å². The van der Waals surface area contributed by atoms with Crippen molar-refractivity contribution in [2.24, 2.45) is 0 Å². The molecule has 0 amide bonds. The fourth-order valence-corrected chi connectivity index (χ4v) is 5.41. The van der Waals surface area contributed by atoms with Gasteiger partial charge in [-0.25, -0.2) is 24.0 Å². The van der Waals surface area contributed by atoms with Gasteiger partial charge in [0.05, 0.1) is 22.1 Å². The molecule has 0 radical (unpaired) electrons. The maximum absolute atomic E-state index is 14.9. The van der Waals surface area contributed by atoms with Gasteiger partial charge < -0.3 is 5.73 Å². The van der Waals surface area contributed by atoms with Gasteiger partial charge in [-0.2, -0.15) is 5.10 Å². The molecular weight excluding hydrogens is 519 g/mol. The third-order valence-corrected chi connectivity index (χ3v) is 7.29. The second kappa shape index (κ2) is 9.30. The molecule has 200 valence electrons. The predicted octanol–water partition coefficient (Wildman–Crippen LogP) is 5.13. The first-order valence-corrected chi connectivity index (χ1v) is 13.0. The summed E-state index contributed by atoms with van der Waals surface area (Å²) in [5.74, 6) is 0.0167. The quantitative estimate of drug-likeness (QED) is 0.328. The second-order valence-corrected chi connectivity index (χ2v) is 9.92. The average Bonchev–Trinajstić information content (AvgIpc) is 3.33. The minimum atomic E-state index is -0.623. The van der Waals surface area contributed by atoms with Crippen molar-refractivity contribution < 1.29 is 4.39 Å². The summed E-state index contributed by atoms with van der Waals surface area (Å²) in [6.45, 7) is 3.88. The number of para-hydroxylation sites is 2. The van der Waals surface area contributed by atoms with E-state index in [-0.39, 0.29) is 23.3 Å². The first kappa shape index (κ1) is 24.5. The van der Waals surface area contributed by atoms with E-state index in [2.05, 4.69) is 15.0 Å². The molecule has 2 N–H and O–H groups in total. The standard InChI is InChI=1S/C31H23FN8O/c1-17-7-5-8-18(2)28(17)40-24(37-23-12-6-10-21(32)25(23)31(40)41)15-39-30-26(29(33)35-16-36-30)27(38-39)20-13-19-9-3-4-11-22(19)34-14-20/h3-14,16H,15H2,1-2H3,(H2,33,35,36). The molecule has 9 nitrogen and oxygen atoms in total. The van der Waals surface area contributed by atoms with E-state index in [1.807, 2.05) is 62.4 Å². The molecule has 10 heteroatoms. The van der Waals surface area contributed by atoms with Gasteiger partial charge in [0.1, 0.15) is 41.4 Å². The van der Waals surface area contributed by atoms with Gasteiger partial charge in [-0.1, -0.05) is 42.5 Å². The third-order valence-electron chi connectivity index (χ3n) is 7.29. The largest absolute Gasteiger partial charge is 0.383 e. The normalized spacial score (nSPS) is 11.6. The molecule has 0 aliphatic heterocycles. The number of nitrogens with zero attached hydrogens (tertiary/aromatic N) is 7. The van der Waals surface area contributed by atoms with E-state index >= 15 is 0 Å². The minimum absolute atomic E-state index is 0.0590. The molecular formula is C31H23FN8O. The highest BCUT2D eigenvalue weighted by atomic mass is 19.1. The van der Waals surface area contributed by atoms with Crippen LogP contribution in [0.4, 0.5) is 10.2 Å². The van der Waals surface area contributed by atoms with Crippen LogP contribution in [0.2, 0.25) is 0 Å². The van der Waals surface area contributed by atoms with E-state index in [1.165, 1.54) is 17.0 Å². The van der Waals surface area contributed by atoms with Crippen LogP contribution in [-0.2, 0) is 6.54 Å². The Labute approximate surface area is 232 Å². The van der Waals surface area contributed by atoms with Gasteiger partial charge in [0, 0.05) is 17.1 Å². The molecule has 4 heterocycles. The van der Waals surface area contributed by atoms with E-state index < -0.39 is 11.4 Å². The van der Waals surface area contributed by atoms with Gasteiger partial charge in [0.25, 0.3) is 5.56 Å². The Morgan fingerprint density at radius 1 is 0.878 bits per heavy atom. The number of rotatable bonds is 4. The number of aryl methyl sites for hydroxylation is 2. The number of pyridine rings is 1. The number of fused-ring (bicyclic) bond motifs is 3. The highest BCUT2D eigenvalue weighted by Crippen LogP contribution is 2.32. The second-order valence-electron chi connectivity index (χ2n) is 9.92. The van der Waals surface area contributed by atoms with Crippen LogP contribution >= 0.6 is 0 Å². The fourth-order valence-electron chi connectivity index (χ4n) is 5.41. The van der Waals surface area contributed by atoms with E-state index in [9.17, 15) is 9.18 Å². The lowest BCUT2D eigenvalue weighted by Gasteiger charge is -2.18. The maximum atomic E-state index is 14.9. The number of nitrogen functional groups attached to an aromatic ring is 1. The lowest BCUT2D eigenvalue weighted by atomic mass is 10.1. The van der Waals surface area contributed by atoms with E-state index in [1.54, 1.807) is 23.0 Å². The molecule has 0 saturated heterocycles. The van der Waals surface area contributed by atoms with E-state index in [4.69, 9.17) is 15.8 Å². The van der Waals surface area contributed by atoms with Gasteiger partial charge in [-0.3, -0.25) is 14.3 Å². The molecule has 0 atom stereocenters. The summed E-state index contributed by atoms with van der Waals surface area (Å²) in [5, 5.41) is 6.34. The van der Waals surface area contributed by atoms with Crippen LogP contribution in [-0.4, -0.2) is 34.3 Å². The summed E-state index contributed by atoms with van der Waals surface area (Å²) in [4.78, 5) is 32.0. The number of halogens is 1. The van der Waals surface area contributed by atoms with Crippen LogP contribution in [0.1, 0.15) is 17.0 Å². The Hall–Kier alpha value is -5.51. The number of hydrogen-bond donors (Lipinski definition) is 1. The predicted molar refractivity (Wildman–Crippen MR) is 156 cm³/mol. The zero-order chi connectivity index (χ0) is 28.2. The Bertz CT molecular complexity index is 2200. The van der Waals surface area contributed by atoms with Crippen molar-refractivity contribution in [1.82, 2.24) is 34.3 Å². The van der Waals surface area contributed by atoms with Crippen LogP contribution in [0.15, 0.2) is 84.0 Å². The van der Waals surface area contributed by atoms with Crippen molar-refractivity contribution >= 4 is 38.7 Å². The smallest absolute Gasteiger partial charge is 0.269 e. The maximum Gasteiger partial charge on any atom is 0.269 e. The van der Waals surface area contributed by atoms with Crippen molar-refractivity contribution in [1.29, 1.82) is 0 Å². The number of nitrogens with two attached hydrogens (primary N) is 1. The molecule has 0 aliphatic rings. The number of aromatic nitrogens is 7. The Morgan fingerprint density at radius 3 is 2.46 bits per heavy atom. The molecule has 0 aliphatic carbocycles. The molecule has 41 heavy (non-hydrogen) atoms. The zero-order valence-corrected chi connectivity index (χ0v) is 22.2. The Kier molecular flexibility index (Phi) is 5.56. The van der Waals surface area contributed by atoms with Gasteiger partial charge in [0.2, 0.25) is 0 Å². The average molecular weight is 543 g/mol. The summed E-state index contributed by atoms with van der Waals surface area (Å²) >= 11 is 0. The zero-order valence-electron chi connectivity index (χ0n) is 22.2. The van der Waals surface area contributed by atoms with Gasteiger partial charge in [0.15, 0.2) is 5.65 Å². The first-order valence-electron chi connectivity index (χ1n) is 13.0. The first-order chi connectivity index (χ1) is 19.9. The van der Waals surface area contributed by atoms with Gasteiger partial charge in [-0.15, -0.1) is 0 Å². The van der Waals surface area contributed by atoms with Crippen molar-refractivity contribution in [2.45, 2.75) is 20.4 Å². The monoisotopic (exact) mass is 542 g/mol. The van der Waals surface area contributed by atoms with Crippen LogP contribution in [0.3, 0.4) is 0 Å². The van der Waals surface area contributed by atoms with Crippen LogP contribution < -0.4 is 11.3 Å². The molecule has 0 unspecified atom stereocenters. The van der Waals surface area contributed by atoms with Gasteiger partial charge >= 0.3 is 0 Å². The molecule has 7 rings (SSSR count). The molecule has 4 aromatic heterocycles. The van der Waals surface area contributed by atoms with Crippen molar-refractivity contribution in [3.05, 3.63) is 112 Å². The molecule has 0 saturated carbocycles. The third kappa shape index (κ3) is 3.91. The van der Waals surface area contributed by atoms with E-state index in [0.717, 1.165) is 27.6 Å². The number of anilines is 1. The minimum Gasteiger partial charge on any atom is -0.383 e. The summed E-state index contributed by atoms with van der Waals surface area (Å²) in [5.41, 5.74) is 11.1. The highest BCUT2D eigenvalue weighted by molar-refractivity contribution is 5.99. The molecule has 7 aromatic rings. The Morgan fingerprint density at radius 2 is 1.63 bits per heavy atom. The molecule has 3 aromatic carbocycles. The number of benzene rings is 3. The fraction of sp³-hybridized carbons (Fsp3) is 0.0968. The van der Waals surface area contributed by atoms with Gasteiger partial charge in [-0.05, 0) is 49.2 Å². The Balaban J connectivity index is 1.49. The number of hydrogen-bond acceptors (Lipinski definition) is 7. The molecule has 0 spiro atoms. The topological polar surface area (TPSA) is 117 Å². The summed E-state index contributed by atoms with van der Waals surface area (Å²) in [6, 6.07) is 20.0. The van der Waals surface area contributed by atoms with Crippen LogP contribution in [0.25, 0.3) is 49.8 Å². The summed E-state index contributed by atoms with van der Waals surface area (Å²) < 4.78 is 18.1. The lowest BCUT2D eigenvalue weighted by Crippen LogP contribution is -2.27. The summed E-state index contributed by atoms with van der Waals surface area (Å²) in [6.07, 6.45) is 3.12. The van der Waals surface area contributed by atoms with Crippen molar-refractivity contribution in [3.8, 4) is 16.9 Å². The SMILES string of the molecule is Cc1cccc(C)c1-n1c(Cn2nc(-c3cnc4ccccc4c3)c3c(N)ncnc32)nc2cccc(F)c2c1=O. The summed E-state index contributed by atoms with van der Waals surface area (Å²) in [7, 11) is 0. The molecule has 0 fully saturated rings. The van der Waals surface area contributed by atoms with E-state index in [0.29, 0.717) is 28.2 Å². The molecule has 0 bridgehead atoms. The lowest BCUT2D eigenvalue weighted by molar-refractivity contribution is 0.629.